The fourth-order valence-electron chi connectivity index (χ4n) is 1.74. The van der Waals surface area contributed by atoms with Gasteiger partial charge in [0.1, 0.15) is 23.1 Å². The molecule has 0 rings (SSSR count). The minimum atomic E-state index is 0.0231. The largest absolute Gasteiger partial charge is 0.300 e. The number of unbranched alkanes of at least 4 members (excludes halogenated alkanes) is 1. The fourth-order valence-corrected chi connectivity index (χ4v) is 1.74. The smallest absolute Gasteiger partial charge is 0.133 e. The maximum absolute atomic E-state index is 11.5. The number of carbonyl (C=O) groups is 4. The Hall–Kier alpha value is -1.32. The Morgan fingerprint density at radius 2 is 0.947 bits per heavy atom. The molecular weight excluding hydrogens is 244 g/mol. The van der Waals surface area contributed by atoms with Gasteiger partial charge in [-0.2, -0.15) is 0 Å². The summed E-state index contributed by atoms with van der Waals surface area (Å²) in [7, 11) is 0. The van der Waals surface area contributed by atoms with Gasteiger partial charge in [0.25, 0.3) is 0 Å². The Morgan fingerprint density at radius 1 is 0.526 bits per heavy atom. The van der Waals surface area contributed by atoms with E-state index < -0.39 is 0 Å². The molecule has 4 nitrogen and oxygen atoms in total. The predicted molar refractivity (Wildman–Crippen MR) is 72.9 cm³/mol. The van der Waals surface area contributed by atoms with Gasteiger partial charge in [-0.3, -0.25) is 9.59 Å². The highest BCUT2D eigenvalue weighted by Crippen LogP contribution is 2.07. The van der Waals surface area contributed by atoms with Crippen molar-refractivity contribution in [2.24, 2.45) is 0 Å². The second-order valence-electron chi connectivity index (χ2n) is 5.04. The standard InChI is InChI=1S/C15H24O4/c1-12(16)6-3-4-7-14(18)8-5-9-15(19)11-10-13(2)17/h3-11H2,1-2H3. The lowest BCUT2D eigenvalue weighted by Gasteiger charge is -2.01. The van der Waals surface area contributed by atoms with Crippen LogP contribution in [-0.4, -0.2) is 23.1 Å². The number of Topliss-reactive ketones (excluding diaryl/α,β-unsaturated/α-hetero) is 4. The molecule has 0 atom stereocenters. The first-order valence-corrected chi connectivity index (χ1v) is 6.94. The molecule has 0 amide bonds. The topological polar surface area (TPSA) is 68.3 Å². The zero-order valence-corrected chi connectivity index (χ0v) is 12.0. The molecule has 0 fully saturated rings. The summed E-state index contributed by atoms with van der Waals surface area (Å²) in [6, 6.07) is 0. The average Bonchev–Trinajstić information content (AvgIpc) is 2.32. The highest BCUT2D eigenvalue weighted by molar-refractivity contribution is 5.85. The lowest BCUT2D eigenvalue weighted by atomic mass is 10.0. The van der Waals surface area contributed by atoms with Crippen LogP contribution in [0.1, 0.15) is 71.6 Å². The number of hydrogen-bond donors (Lipinski definition) is 0. The van der Waals surface area contributed by atoms with Crippen LogP contribution in [0.2, 0.25) is 0 Å². The van der Waals surface area contributed by atoms with E-state index in [4.69, 9.17) is 0 Å². The van der Waals surface area contributed by atoms with E-state index in [-0.39, 0.29) is 23.1 Å². The van der Waals surface area contributed by atoms with Gasteiger partial charge in [0.2, 0.25) is 0 Å². The van der Waals surface area contributed by atoms with Crippen molar-refractivity contribution in [3.63, 3.8) is 0 Å². The minimum Gasteiger partial charge on any atom is -0.300 e. The molecule has 0 spiro atoms. The van der Waals surface area contributed by atoms with Gasteiger partial charge in [-0.05, 0) is 33.1 Å². The number of hydrogen-bond acceptors (Lipinski definition) is 4. The summed E-state index contributed by atoms with van der Waals surface area (Å²) in [6.07, 6.45) is 4.52. The van der Waals surface area contributed by atoms with Crippen LogP contribution < -0.4 is 0 Å². The van der Waals surface area contributed by atoms with Crippen LogP contribution in [-0.2, 0) is 19.2 Å². The number of rotatable bonds is 12. The molecule has 0 aliphatic heterocycles. The lowest BCUT2D eigenvalue weighted by Crippen LogP contribution is -2.04. The summed E-state index contributed by atoms with van der Waals surface area (Å²) in [5, 5.41) is 0. The van der Waals surface area contributed by atoms with E-state index in [9.17, 15) is 19.2 Å². The van der Waals surface area contributed by atoms with E-state index in [0.29, 0.717) is 44.9 Å². The van der Waals surface area contributed by atoms with Crippen molar-refractivity contribution < 1.29 is 19.2 Å². The van der Waals surface area contributed by atoms with Crippen molar-refractivity contribution in [3.05, 3.63) is 0 Å². The monoisotopic (exact) mass is 268 g/mol. The first kappa shape index (κ1) is 17.7. The van der Waals surface area contributed by atoms with E-state index in [1.807, 2.05) is 0 Å². The Balaban J connectivity index is 3.49. The van der Waals surface area contributed by atoms with Gasteiger partial charge in [-0.15, -0.1) is 0 Å². The molecular formula is C15H24O4. The molecule has 0 aliphatic carbocycles. The van der Waals surface area contributed by atoms with Crippen molar-refractivity contribution in [1.82, 2.24) is 0 Å². The number of carbonyl (C=O) groups excluding carboxylic acids is 4. The van der Waals surface area contributed by atoms with Crippen LogP contribution in [0.25, 0.3) is 0 Å². The molecule has 0 aromatic rings. The van der Waals surface area contributed by atoms with Crippen LogP contribution in [0.5, 0.6) is 0 Å². The second-order valence-corrected chi connectivity index (χ2v) is 5.04. The summed E-state index contributed by atoms with van der Waals surface area (Å²) in [5.74, 6) is 0.390. The van der Waals surface area contributed by atoms with Gasteiger partial charge in [0, 0.05) is 38.5 Å². The summed E-state index contributed by atoms with van der Waals surface area (Å²) in [5.41, 5.74) is 0. The van der Waals surface area contributed by atoms with E-state index >= 15 is 0 Å². The zero-order valence-electron chi connectivity index (χ0n) is 12.0. The van der Waals surface area contributed by atoms with Crippen LogP contribution in [0.4, 0.5) is 0 Å². The summed E-state index contributed by atoms with van der Waals surface area (Å²) >= 11 is 0. The van der Waals surface area contributed by atoms with E-state index in [0.717, 1.165) is 12.8 Å². The van der Waals surface area contributed by atoms with Crippen LogP contribution in [0.15, 0.2) is 0 Å². The normalized spacial score (nSPS) is 10.2. The third kappa shape index (κ3) is 12.9. The van der Waals surface area contributed by atoms with Gasteiger partial charge < -0.3 is 9.59 Å². The van der Waals surface area contributed by atoms with Gasteiger partial charge in [-0.1, -0.05) is 0 Å². The van der Waals surface area contributed by atoms with Gasteiger partial charge in [0.15, 0.2) is 0 Å². The SMILES string of the molecule is CC(=O)CCCCC(=O)CCCC(=O)CCC(C)=O. The first-order chi connectivity index (χ1) is 8.91. The van der Waals surface area contributed by atoms with Crippen molar-refractivity contribution in [1.29, 1.82) is 0 Å². The molecule has 0 saturated heterocycles. The molecule has 0 heterocycles. The quantitative estimate of drug-likeness (QED) is 0.510. The van der Waals surface area contributed by atoms with E-state index in [2.05, 4.69) is 0 Å². The highest BCUT2D eigenvalue weighted by Gasteiger charge is 2.07. The van der Waals surface area contributed by atoms with Crippen molar-refractivity contribution >= 4 is 23.1 Å². The molecule has 0 bridgehead atoms. The van der Waals surface area contributed by atoms with Gasteiger partial charge >= 0.3 is 0 Å². The Kier molecular flexibility index (Phi) is 9.85. The maximum atomic E-state index is 11.5. The minimum absolute atomic E-state index is 0.0231. The molecule has 0 aliphatic rings. The van der Waals surface area contributed by atoms with Gasteiger partial charge in [-0.25, -0.2) is 0 Å². The molecule has 4 heteroatoms. The molecule has 19 heavy (non-hydrogen) atoms. The predicted octanol–water partition coefficient (Wildman–Crippen LogP) is 2.81. The molecule has 0 radical (unpaired) electrons. The Labute approximate surface area is 114 Å². The molecule has 0 aromatic heterocycles. The maximum Gasteiger partial charge on any atom is 0.133 e. The van der Waals surface area contributed by atoms with Crippen LogP contribution in [0.3, 0.4) is 0 Å². The van der Waals surface area contributed by atoms with Crippen molar-refractivity contribution in [3.8, 4) is 0 Å². The molecule has 0 aromatic carbocycles. The molecule has 0 N–H and O–H groups in total. The second kappa shape index (κ2) is 10.6. The molecule has 0 unspecified atom stereocenters. The fraction of sp³-hybridized carbons (Fsp3) is 0.733. The Morgan fingerprint density at radius 3 is 1.47 bits per heavy atom. The van der Waals surface area contributed by atoms with Gasteiger partial charge in [0.05, 0.1) is 0 Å². The van der Waals surface area contributed by atoms with E-state index in [1.54, 1.807) is 6.92 Å². The summed E-state index contributed by atoms with van der Waals surface area (Å²) in [6.45, 7) is 3.02. The first-order valence-electron chi connectivity index (χ1n) is 6.94. The summed E-state index contributed by atoms with van der Waals surface area (Å²) in [4.78, 5) is 44.2. The average molecular weight is 268 g/mol. The third-order valence-electron chi connectivity index (χ3n) is 2.90. The number of ketones is 4. The molecule has 0 saturated carbocycles. The van der Waals surface area contributed by atoms with Crippen LogP contribution >= 0.6 is 0 Å². The molecule has 108 valence electrons. The lowest BCUT2D eigenvalue weighted by molar-refractivity contribution is -0.123. The van der Waals surface area contributed by atoms with E-state index in [1.165, 1.54) is 6.92 Å². The van der Waals surface area contributed by atoms with Crippen molar-refractivity contribution in [2.45, 2.75) is 71.6 Å². The van der Waals surface area contributed by atoms with Crippen LogP contribution in [0, 0.1) is 0 Å². The Bertz CT molecular complexity index is 331. The van der Waals surface area contributed by atoms with Crippen molar-refractivity contribution in [2.75, 3.05) is 0 Å². The summed E-state index contributed by atoms with van der Waals surface area (Å²) < 4.78 is 0. The third-order valence-corrected chi connectivity index (χ3v) is 2.90. The zero-order chi connectivity index (χ0) is 14.7. The highest BCUT2D eigenvalue weighted by atomic mass is 16.1.